The first kappa shape index (κ1) is 16.5. The van der Waals surface area contributed by atoms with Crippen molar-refractivity contribution in [2.75, 3.05) is 19.0 Å². The molecular formula is C18H18FNO3. The number of methoxy groups -OCH3 is 1. The fraction of sp³-hybridized carbons (Fsp3) is 0.167. The molecule has 0 radical (unpaired) electrons. The van der Waals surface area contributed by atoms with Gasteiger partial charge in [0.05, 0.1) is 13.7 Å². The number of rotatable bonds is 7. The van der Waals surface area contributed by atoms with Crippen LogP contribution in [0.4, 0.5) is 10.1 Å². The van der Waals surface area contributed by atoms with Crippen LogP contribution < -0.4 is 14.8 Å². The van der Waals surface area contributed by atoms with Crippen molar-refractivity contribution in [3.8, 4) is 11.5 Å². The number of benzene rings is 2. The molecule has 5 heteroatoms. The Labute approximate surface area is 134 Å². The van der Waals surface area contributed by atoms with E-state index in [-0.39, 0.29) is 11.5 Å². The van der Waals surface area contributed by atoms with Gasteiger partial charge in [-0.1, -0.05) is 0 Å². The standard InChI is InChI=1S/C18H18FNO3/c1-3-23-15-7-4-13(5-8-15)17(21)10-11-20-14-6-9-18(22-2)16(19)12-14/h4-12,20H,3H2,1-2H3. The summed E-state index contributed by atoms with van der Waals surface area (Å²) in [6.07, 6.45) is 2.86. The SMILES string of the molecule is CCOc1ccc(C(=O)C=CNc2ccc(OC)c(F)c2)cc1. The Bertz CT molecular complexity index is 696. The van der Waals surface area contributed by atoms with E-state index in [1.54, 1.807) is 30.3 Å². The molecule has 2 aromatic carbocycles. The van der Waals surface area contributed by atoms with E-state index >= 15 is 0 Å². The second-order valence-corrected chi connectivity index (χ2v) is 4.65. The van der Waals surface area contributed by atoms with Crippen molar-refractivity contribution >= 4 is 11.5 Å². The maximum atomic E-state index is 13.5. The van der Waals surface area contributed by atoms with Crippen LogP contribution in [0.5, 0.6) is 11.5 Å². The molecule has 0 spiro atoms. The molecule has 0 aromatic heterocycles. The van der Waals surface area contributed by atoms with Crippen molar-refractivity contribution in [1.82, 2.24) is 0 Å². The highest BCUT2D eigenvalue weighted by Crippen LogP contribution is 2.20. The number of halogens is 1. The molecule has 0 bridgehead atoms. The third kappa shape index (κ3) is 4.57. The highest BCUT2D eigenvalue weighted by molar-refractivity contribution is 6.04. The lowest BCUT2D eigenvalue weighted by molar-refractivity contribution is 0.104. The lowest BCUT2D eigenvalue weighted by Crippen LogP contribution is -1.98. The zero-order chi connectivity index (χ0) is 16.7. The highest BCUT2D eigenvalue weighted by atomic mass is 19.1. The van der Waals surface area contributed by atoms with Crippen LogP contribution in [0, 0.1) is 5.82 Å². The summed E-state index contributed by atoms with van der Waals surface area (Å²) in [5.41, 5.74) is 1.08. The van der Waals surface area contributed by atoms with Crippen LogP contribution in [0.2, 0.25) is 0 Å². The zero-order valence-corrected chi connectivity index (χ0v) is 13.0. The second kappa shape index (κ2) is 7.98. The number of anilines is 1. The molecule has 0 saturated heterocycles. The summed E-state index contributed by atoms with van der Waals surface area (Å²) >= 11 is 0. The van der Waals surface area contributed by atoms with Crippen LogP contribution in [0.3, 0.4) is 0 Å². The van der Waals surface area contributed by atoms with Crippen LogP contribution in [-0.2, 0) is 0 Å². The molecule has 1 N–H and O–H groups in total. The summed E-state index contributed by atoms with van der Waals surface area (Å²) in [6, 6.07) is 11.4. The van der Waals surface area contributed by atoms with E-state index in [1.807, 2.05) is 6.92 Å². The van der Waals surface area contributed by atoms with E-state index in [4.69, 9.17) is 9.47 Å². The number of carbonyl (C=O) groups excluding carboxylic acids is 1. The van der Waals surface area contributed by atoms with E-state index in [0.717, 1.165) is 5.75 Å². The van der Waals surface area contributed by atoms with Crippen LogP contribution in [0.1, 0.15) is 17.3 Å². The number of ketones is 1. The zero-order valence-electron chi connectivity index (χ0n) is 13.0. The summed E-state index contributed by atoms with van der Waals surface area (Å²) in [5, 5.41) is 2.85. The fourth-order valence-electron chi connectivity index (χ4n) is 1.95. The minimum Gasteiger partial charge on any atom is -0.494 e. The van der Waals surface area contributed by atoms with Crippen LogP contribution in [0.15, 0.2) is 54.7 Å². The van der Waals surface area contributed by atoms with Gasteiger partial charge in [0.1, 0.15) is 5.75 Å². The van der Waals surface area contributed by atoms with E-state index in [1.165, 1.54) is 31.5 Å². The van der Waals surface area contributed by atoms with Crippen molar-refractivity contribution in [2.45, 2.75) is 6.92 Å². The number of hydrogen-bond acceptors (Lipinski definition) is 4. The molecule has 0 heterocycles. The molecule has 0 aliphatic rings. The van der Waals surface area contributed by atoms with Crippen molar-refractivity contribution in [3.63, 3.8) is 0 Å². The lowest BCUT2D eigenvalue weighted by atomic mass is 10.1. The maximum absolute atomic E-state index is 13.5. The predicted molar refractivity (Wildman–Crippen MR) is 87.7 cm³/mol. The molecule has 0 aliphatic heterocycles. The topological polar surface area (TPSA) is 47.6 Å². The van der Waals surface area contributed by atoms with E-state index in [2.05, 4.69) is 5.32 Å². The molecule has 2 aromatic rings. The molecular weight excluding hydrogens is 297 g/mol. The molecule has 0 fully saturated rings. The largest absolute Gasteiger partial charge is 0.494 e. The second-order valence-electron chi connectivity index (χ2n) is 4.65. The quantitative estimate of drug-likeness (QED) is 0.619. The monoisotopic (exact) mass is 315 g/mol. The first-order chi connectivity index (χ1) is 11.1. The van der Waals surface area contributed by atoms with Crippen molar-refractivity contribution in [3.05, 3.63) is 66.1 Å². The Morgan fingerprint density at radius 2 is 1.96 bits per heavy atom. The van der Waals surface area contributed by atoms with Gasteiger partial charge in [0.25, 0.3) is 0 Å². The van der Waals surface area contributed by atoms with E-state index in [0.29, 0.717) is 17.9 Å². The number of hydrogen-bond donors (Lipinski definition) is 1. The molecule has 0 unspecified atom stereocenters. The number of allylic oxidation sites excluding steroid dienone is 1. The van der Waals surface area contributed by atoms with Crippen molar-refractivity contribution < 1.29 is 18.7 Å². The van der Waals surface area contributed by atoms with Gasteiger partial charge in [-0.15, -0.1) is 0 Å². The minimum atomic E-state index is -0.469. The lowest BCUT2D eigenvalue weighted by Gasteiger charge is -2.05. The summed E-state index contributed by atoms with van der Waals surface area (Å²) in [4.78, 5) is 12.0. The van der Waals surface area contributed by atoms with Crippen LogP contribution >= 0.6 is 0 Å². The Kier molecular flexibility index (Phi) is 5.74. The first-order valence-electron chi connectivity index (χ1n) is 7.18. The molecule has 2 rings (SSSR count). The summed E-state index contributed by atoms with van der Waals surface area (Å²) < 4.78 is 23.7. The minimum absolute atomic E-state index is 0.158. The molecule has 23 heavy (non-hydrogen) atoms. The Morgan fingerprint density at radius 1 is 1.22 bits per heavy atom. The van der Waals surface area contributed by atoms with Crippen molar-refractivity contribution in [2.24, 2.45) is 0 Å². The van der Waals surface area contributed by atoms with Gasteiger partial charge in [0.15, 0.2) is 17.3 Å². The number of ether oxygens (including phenoxy) is 2. The van der Waals surface area contributed by atoms with Gasteiger partial charge in [-0.2, -0.15) is 0 Å². The molecule has 0 amide bonds. The van der Waals surface area contributed by atoms with Gasteiger partial charge < -0.3 is 14.8 Å². The summed E-state index contributed by atoms with van der Waals surface area (Å²) in [7, 11) is 1.40. The number of carbonyl (C=O) groups is 1. The van der Waals surface area contributed by atoms with Gasteiger partial charge in [-0.05, 0) is 43.3 Å². The molecule has 4 nitrogen and oxygen atoms in total. The highest BCUT2D eigenvalue weighted by Gasteiger charge is 2.03. The average Bonchev–Trinajstić information content (AvgIpc) is 2.56. The van der Waals surface area contributed by atoms with E-state index < -0.39 is 5.82 Å². The molecule has 0 atom stereocenters. The average molecular weight is 315 g/mol. The molecule has 0 aliphatic carbocycles. The Hall–Kier alpha value is -2.82. The fourth-order valence-corrected chi connectivity index (χ4v) is 1.95. The smallest absolute Gasteiger partial charge is 0.187 e. The Balaban J connectivity index is 1.96. The normalized spacial score (nSPS) is 10.6. The summed E-state index contributed by atoms with van der Waals surface area (Å²) in [5.74, 6) is 0.267. The van der Waals surface area contributed by atoms with Crippen molar-refractivity contribution in [1.29, 1.82) is 0 Å². The van der Waals surface area contributed by atoms with E-state index in [9.17, 15) is 9.18 Å². The Morgan fingerprint density at radius 3 is 2.57 bits per heavy atom. The predicted octanol–water partition coefficient (Wildman–Crippen LogP) is 4.04. The third-order valence-corrected chi connectivity index (χ3v) is 3.09. The van der Waals surface area contributed by atoms with Crippen LogP contribution in [-0.4, -0.2) is 19.5 Å². The van der Waals surface area contributed by atoms with Gasteiger partial charge >= 0.3 is 0 Å². The van der Waals surface area contributed by atoms with Gasteiger partial charge in [-0.25, -0.2) is 4.39 Å². The summed E-state index contributed by atoms with van der Waals surface area (Å²) in [6.45, 7) is 2.48. The molecule has 0 saturated carbocycles. The van der Waals surface area contributed by atoms with Gasteiger partial charge in [0.2, 0.25) is 0 Å². The van der Waals surface area contributed by atoms with Gasteiger partial charge in [0, 0.05) is 29.6 Å². The maximum Gasteiger partial charge on any atom is 0.187 e. The number of nitrogens with one attached hydrogen (secondary N) is 1. The molecule has 120 valence electrons. The van der Waals surface area contributed by atoms with Crippen LogP contribution in [0.25, 0.3) is 0 Å². The third-order valence-electron chi connectivity index (χ3n) is 3.09. The first-order valence-corrected chi connectivity index (χ1v) is 7.18. The van der Waals surface area contributed by atoms with Gasteiger partial charge in [-0.3, -0.25) is 4.79 Å².